The van der Waals surface area contributed by atoms with Crippen LogP contribution in [0.2, 0.25) is 0 Å². The number of nitrogens with one attached hydrogen (secondary N) is 1. The molecule has 0 unspecified atom stereocenters. The Morgan fingerprint density at radius 3 is 2.89 bits per heavy atom. The summed E-state index contributed by atoms with van der Waals surface area (Å²) in [6, 6.07) is 1.73. The van der Waals surface area contributed by atoms with E-state index in [-0.39, 0.29) is 17.9 Å². The average molecular weight is 260 g/mol. The van der Waals surface area contributed by atoms with Crippen LogP contribution in [0.25, 0.3) is 0 Å². The molecule has 4 heteroatoms. The minimum Gasteiger partial charge on any atom is -0.392 e. The van der Waals surface area contributed by atoms with Gasteiger partial charge in [0.05, 0.1) is 18.5 Å². The Balaban J connectivity index is 1.65. The van der Waals surface area contributed by atoms with Gasteiger partial charge >= 0.3 is 0 Å². The van der Waals surface area contributed by atoms with E-state index in [1.807, 2.05) is 0 Å². The molecule has 1 amide bonds. The maximum atomic E-state index is 12.2. The van der Waals surface area contributed by atoms with E-state index in [2.05, 4.69) is 10.3 Å². The summed E-state index contributed by atoms with van der Waals surface area (Å²) in [6.45, 7) is -0.0780. The molecule has 0 radical (unpaired) electrons. The van der Waals surface area contributed by atoms with Crippen LogP contribution >= 0.6 is 0 Å². The third-order valence-electron chi connectivity index (χ3n) is 4.78. The van der Waals surface area contributed by atoms with Crippen LogP contribution in [0.3, 0.4) is 0 Å². The van der Waals surface area contributed by atoms with Gasteiger partial charge in [-0.3, -0.25) is 9.78 Å². The van der Waals surface area contributed by atoms with Gasteiger partial charge < -0.3 is 10.4 Å². The van der Waals surface area contributed by atoms with Crippen LogP contribution in [0.5, 0.6) is 0 Å². The number of anilines is 1. The molecule has 1 heterocycles. The number of amides is 1. The van der Waals surface area contributed by atoms with Gasteiger partial charge in [-0.2, -0.15) is 0 Å². The standard InChI is InChI=1S/C15H20N2O2/c18-10-12-3-6-16-9-13(12)17-14(19)8-15-4-1-11(7-15)2-5-15/h3,6,9,11,18H,1-2,4-5,7-8,10H2,(H,17,19). The van der Waals surface area contributed by atoms with Gasteiger partial charge in [0.1, 0.15) is 0 Å². The van der Waals surface area contributed by atoms with Crippen molar-refractivity contribution in [3.8, 4) is 0 Å². The summed E-state index contributed by atoms with van der Waals surface area (Å²) in [4.78, 5) is 16.2. The lowest BCUT2D eigenvalue weighted by Gasteiger charge is -2.25. The van der Waals surface area contributed by atoms with E-state index < -0.39 is 0 Å². The number of fused-ring (bicyclic) bond motifs is 2. The molecule has 0 spiro atoms. The predicted molar refractivity (Wildman–Crippen MR) is 72.4 cm³/mol. The molecule has 2 aliphatic rings. The zero-order chi connectivity index (χ0) is 13.3. The van der Waals surface area contributed by atoms with E-state index in [4.69, 9.17) is 0 Å². The molecule has 0 aliphatic heterocycles. The molecular weight excluding hydrogens is 240 g/mol. The van der Waals surface area contributed by atoms with Crippen molar-refractivity contribution < 1.29 is 9.90 Å². The van der Waals surface area contributed by atoms with Crippen molar-refractivity contribution in [1.82, 2.24) is 4.98 Å². The van der Waals surface area contributed by atoms with Gasteiger partial charge in [-0.15, -0.1) is 0 Å². The molecule has 2 aliphatic carbocycles. The summed E-state index contributed by atoms with van der Waals surface area (Å²) in [5.41, 5.74) is 1.62. The maximum Gasteiger partial charge on any atom is 0.224 e. The second-order valence-electron chi connectivity index (χ2n) is 6.06. The van der Waals surface area contributed by atoms with Crippen LogP contribution in [0, 0.1) is 11.3 Å². The van der Waals surface area contributed by atoms with E-state index >= 15 is 0 Å². The number of carbonyl (C=O) groups is 1. The lowest BCUT2D eigenvalue weighted by atomic mass is 9.81. The molecule has 4 nitrogen and oxygen atoms in total. The number of nitrogens with zero attached hydrogens (tertiary/aromatic N) is 1. The molecule has 1 aromatic heterocycles. The highest BCUT2D eigenvalue weighted by molar-refractivity contribution is 5.91. The van der Waals surface area contributed by atoms with Crippen molar-refractivity contribution in [2.24, 2.45) is 11.3 Å². The summed E-state index contributed by atoms with van der Waals surface area (Å²) in [5, 5.41) is 12.1. The number of aliphatic hydroxyl groups is 1. The first-order valence-corrected chi connectivity index (χ1v) is 7.04. The van der Waals surface area contributed by atoms with E-state index in [1.165, 1.54) is 32.1 Å². The Hall–Kier alpha value is -1.42. The van der Waals surface area contributed by atoms with Gasteiger partial charge in [-0.25, -0.2) is 0 Å². The van der Waals surface area contributed by atoms with Crippen LogP contribution in [0.4, 0.5) is 5.69 Å². The first-order chi connectivity index (χ1) is 9.21. The molecule has 2 bridgehead atoms. The Labute approximate surface area is 113 Å². The molecule has 0 aromatic carbocycles. The van der Waals surface area contributed by atoms with Crippen molar-refractivity contribution in [2.45, 2.75) is 45.1 Å². The zero-order valence-electron chi connectivity index (χ0n) is 11.1. The first kappa shape index (κ1) is 12.6. The topological polar surface area (TPSA) is 62.2 Å². The number of aromatic nitrogens is 1. The second kappa shape index (κ2) is 4.93. The lowest BCUT2D eigenvalue weighted by molar-refractivity contribution is -0.118. The molecule has 102 valence electrons. The summed E-state index contributed by atoms with van der Waals surface area (Å²) >= 11 is 0. The van der Waals surface area contributed by atoms with Crippen LogP contribution in [-0.2, 0) is 11.4 Å². The molecule has 3 rings (SSSR count). The normalized spacial score (nSPS) is 28.6. The van der Waals surface area contributed by atoms with E-state index in [0.29, 0.717) is 12.1 Å². The highest BCUT2D eigenvalue weighted by Gasteiger charge is 2.45. The van der Waals surface area contributed by atoms with Gasteiger partial charge in [-0.1, -0.05) is 0 Å². The van der Waals surface area contributed by atoms with Gasteiger partial charge in [0, 0.05) is 18.2 Å². The number of hydrogen-bond donors (Lipinski definition) is 2. The van der Waals surface area contributed by atoms with Gasteiger partial charge in [-0.05, 0) is 49.5 Å². The third kappa shape index (κ3) is 2.50. The monoisotopic (exact) mass is 260 g/mol. The Morgan fingerprint density at radius 1 is 1.47 bits per heavy atom. The van der Waals surface area contributed by atoms with Crippen LogP contribution in [-0.4, -0.2) is 16.0 Å². The van der Waals surface area contributed by atoms with Crippen molar-refractivity contribution in [1.29, 1.82) is 0 Å². The first-order valence-electron chi connectivity index (χ1n) is 7.04. The van der Waals surface area contributed by atoms with Crippen LogP contribution in [0.1, 0.15) is 44.1 Å². The SMILES string of the molecule is O=C(CC12CCC(CC1)C2)Nc1cnccc1CO. The highest BCUT2D eigenvalue weighted by Crippen LogP contribution is 2.56. The number of aliphatic hydroxyl groups excluding tert-OH is 1. The van der Waals surface area contributed by atoms with E-state index in [1.54, 1.807) is 18.5 Å². The molecule has 2 saturated carbocycles. The lowest BCUT2D eigenvalue weighted by Crippen LogP contribution is -2.24. The van der Waals surface area contributed by atoms with Crippen LogP contribution < -0.4 is 5.32 Å². The van der Waals surface area contributed by atoms with Crippen molar-refractivity contribution in [2.75, 3.05) is 5.32 Å². The minimum atomic E-state index is -0.0780. The zero-order valence-corrected chi connectivity index (χ0v) is 11.1. The molecule has 2 N–H and O–H groups in total. The average Bonchev–Trinajstić information content (AvgIpc) is 2.99. The fourth-order valence-corrected chi connectivity index (χ4v) is 3.77. The molecule has 0 saturated heterocycles. The van der Waals surface area contributed by atoms with E-state index in [9.17, 15) is 9.90 Å². The van der Waals surface area contributed by atoms with Crippen molar-refractivity contribution in [3.63, 3.8) is 0 Å². The van der Waals surface area contributed by atoms with Gasteiger partial charge in [0.15, 0.2) is 0 Å². The number of pyridine rings is 1. The van der Waals surface area contributed by atoms with Crippen molar-refractivity contribution in [3.05, 3.63) is 24.0 Å². The molecule has 2 fully saturated rings. The van der Waals surface area contributed by atoms with E-state index in [0.717, 1.165) is 11.5 Å². The predicted octanol–water partition coefficient (Wildman–Crippen LogP) is 2.48. The van der Waals surface area contributed by atoms with Gasteiger partial charge in [0.25, 0.3) is 0 Å². The summed E-state index contributed by atoms with van der Waals surface area (Å²) in [7, 11) is 0. The Bertz CT molecular complexity index is 479. The minimum absolute atomic E-state index is 0.0604. The highest BCUT2D eigenvalue weighted by atomic mass is 16.3. The van der Waals surface area contributed by atoms with Crippen LogP contribution in [0.15, 0.2) is 18.5 Å². The summed E-state index contributed by atoms with van der Waals surface area (Å²) < 4.78 is 0. The summed E-state index contributed by atoms with van der Waals surface area (Å²) in [6.07, 6.45) is 10.1. The quantitative estimate of drug-likeness (QED) is 0.874. The Morgan fingerprint density at radius 2 is 2.26 bits per heavy atom. The molecule has 19 heavy (non-hydrogen) atoms. The van der Waals surface area contributed by atoms with Gasteiger partial charge in [0.2, 0.25) is 5.91 Å². The number of rotatable bonds is 4. The second-order valence-corrected chi connectivity index (χ2v) is 6.06. The fraction of sp³-hybridized carbons (Fsp3) is 0.600. The maximum absolute atomic E-state index is 12.2. The fourth-order valence-electron chi connectivity index (χ4n) is 3.77. The molecule has 0 atom stereocenters. The smallest absolute Gasteiger partial charge is 0.224 e. The molecule has 1 aromatic rings. The Kier molecular flexibility index (Phi) is 3.27. The third-order valence-corrected chi connectivity index (χ3v) is 4.78. The molecular formula is C15H20N2O2. The summed E-state index contributed by atoms with van der Waals surface area (Å²) in [5.74, 6) is 0.921. The largest absolute Gasteiger partial charge is 0.392 e. The number of hydrogen-bond acceptors (Lipinski definition) is 3. The number of carbonyl (C=O) groups excluding carboxylic acids is 1. The van der Waals surface area contributed by atoms with Crippen molar-refractivity contribution >= 4 is 11.6 Å².